The Morgan fingerprint density at radius 1 is 0.900 bits per heavy atom. The quantitative estimate of drug-likeness (QED) is 0.417. The van der Waals surface area contributed by atoms with E-state index in [1.807, 2.05) is 12.1 Å². The molecule has 1 heterocycles. The van der Waals surface area contributed by atoms with E-state index in [0.717, 1.165) is 5.56 Å². The van der Waals surface area contributed by atoms with Gasteiger partial charge < -0.3 is 15.4 Å². The van der Waals surface area contributed by atoms with Crippen LogP contribution in [0.4, 0.5) is 10.7 Å². The van der Waals surface area contributed by atoms with Gasteiger partial charge in [-0.3, -0.25) is 9.59 Å². The lowest BCUT2D eigenvalue weighted by Crippen LogP contribution is -2.15. The van der Waals surface area contributed by atoms with Gasteiger partial charge in [0.15, 0.2) is 0 Å². The van der Waals surface area contributed by atoms with Gasteiger partial charge in [0.25, 0.3) is 5.91 Å². The molecule has 0 aliphatic heterocycles. The molecule has 30 heavy (non-hydrogen) atoms. The summed E-state index contributed by atoms with van der Waals surface area (Å²) in [6.45, 7) is 5.59. The van der Waals surface area contributed by atoms with Crippen molar-refractivity contribution in [3.63, 3.8) is 0 Å². The molecule has 0 radical (unpaired) electrons. The van der Waals surface area contributed by atoms with Crippen molar-refractivity contribution in [2.24, 2.45) is 0 Å². The van der Waals surface area contributed by atoms with E-state index in [9.17, 15) is 14.4 Å². The Morgan fingerprint density at radius 3 is 2.17 bits per heavy atom. The number of anilines is 2. The predicted molar refractivity (Wildman–Crippen MR) is 119 cm³/mol. The van der Waals surface area contributed by atoms with Crippen LogP contribution in [0.15, 0.2) is 60.0 Å². The van der Waals surface area contributed by atoms with Crippen LogP contribution >= 0.6 is 11.3 Å². The van der Waals surface area contributed by atoms with Crippen LogP contribution in [-0.4, -0.2) is 17.8 Å². The minimum absolute atomic E-state index is 0.183. The van der Waals surface area contributed by atoms with E-state index >= 15 is 0 Å². The van der Waals surface area contributed by atoms with E-state index in [1.165, 1.54) is 18.3 Å². The van der Waals surface area contributed by atoms with Crippen LogP contribution in [0.2, 0.25) is 0 Å². The van der Waals surface area contributed by atoms with Gasteiger partial charge >= 0.3 is 5.97 Å². The summed E-state index contributed by atoms with van der Waals surface area (Å²) in [7, 11) is 0. The average Bonchev–Trinajstić information content (AvgIpc) is 3.17. The zero-order valence-electron chi connectivity index (χ0n) is 16.9. The number of esters is 1. The molecule has 0 aliphatic rings. The Morgan fingerprint density at radius 2 is 1.57 bits per heavy atom. The summed E-state index contributed by atoms with van der Waals surface area (Å²) in [5, 5.41) is 7.57. The SMILES string of the molecule is CC(=O)Nc1ccc(OC(=O)c2ccsc2NC(=O)c2ccc(C(C)C)cc2)cc1. The van der Waals surface area contributed by atoms with Gasteiger partial charge in [0, 0.05) is 18.2 Å². The Hall–Kier alpha value is -3.45. The third-order valence-electron chi connectivity index (χ3n) is 4.34. The van der Waals surface area contributed by atoms with E-state index in [-0.39, 0.29) is 17.4 Å². The highest BCUT2D eigenvalue weighted by molar-refractivity contribution is 7.14. The van der Waals surface area contributed by atoms with Crippen LogP contribution < -0.4 is 15.4 Å². The molecule has 3 rings (SSSR count). The highest BCUT2D eigenvalue weighted by Crippen LogP contribution is 2.26. The van der Waals surface area contributed by atoms with E-state index in [4.69, 9.17) is 4.74 Å². The number of thiophene rings is 1. The summed E-state index contributed by atoms with van der Waals surface area (Å²) in [4.78, 5) is 36.2. The van der Waals surface area contributed by atoms with E-state index < -0.39 is 5.97 Å². The zero-order valence-corrected chi connectivity index (χ0v) is 17.7. The second kappa shape index (κ2) is 9.37. The van der Waals surface area contributed by atoms with Gasteiger partial charge in [-0.2, -0.15) is 0 Å². The van der Waals surface area contributed by atoms with Crippen molar-refractivity contribution in [2.45, 2.75) is 26.7 Å². The number of rotatable bonds is 6. The molecule has 0 bridgehead atoms. The minimum Gasteiger partial charge on any atom is -0.423 e. The van der Waals surface area contributed by atoms with Gasteiger partial charge in [0.05, 0.1) is 5.56 Å². The molecule has 0 spiro atoms. The van der Waals surface area contributed by atoms with E-state index in [0.29, 0.717) is 27.9 Å². The fourth-order valence-electron chi connectivity index (χ4n) is 2.73. The largest absolute Gasteiger partial charge is 0.423 e. The maximum atomic E-state index is 12.6. The van der Waals surface area contributed by atoms with Crippen molar-refractivity contribution in [3.05, 3.63) is 76.7 Å². The predicted octanol–water partition coefficient (Wildman–Crippen LogP) is 5.30. The first-order valence-electron chi connectivity index (χ1n) is 9.42. The lowest BCUT2D eigenvalue weighted by Gasteiger charge is -2.09. The molecule has 0 unspecified atom stereocenters. The van der Waals surface area contributed by atoms with Crippen molar-refractivity contribution in [1.29, 1.82) is 0 Å². The second-order valence-electron chi connectivity index (χ2n) is 6.99. The lowest BCUT2D eigenvalue weighted by atomic mass is 10.0. The Labute approximate surface area is 178 Å². The first-order valence-corrected chi connectivity index (χ1v) is 10.3. The Bertz CT molecular complexity index is 1050. The number of ether oxygens (including phenoxy) is 1. The molecule has 2 N–H and O–H groups in total. The minimum atomic E-state index is -0.575. The molecule has 0 fully saturated rings. The maximum absolute atomic E-state index is 12.6. The highest BCUT2D eigenvalue weighted by atomic mass is 32.1. The summed E-state index contributed by atoms with van der Waals surface area (Å²) in [6.07, 6.45) is 0. The second-order valence-corrected chi connectivity index (χ2v) is 7.91. The molecular weight excluding hydrogens is 400 g/mol. The molecule has 154 valence electrons. The standard InChI is InChI=1S/C23H22N2O4S/c1-14(2)16-4-6-17(7-5-16)21(27)25-22-20(12-13-30-22)23(28)29-19-10-8-18(9-11-19)24-15(3)26/h4-14H,1-3H3,(H,24,26)(H,25,27). The van der Waals surface area contributed by atoms with Crippen LogP contribution in [0.25, 0.3) is 0 Å². The molecule has 7 heteroatoms. The highest BCUT2D eigenvalue weighted by Gasteiger charge is 2.18. The molecule has 6 nitrogen and oxygen atoms in total. The normalized spacial score (nSPS) is 10.5. The van der Waals surface area contributed by atoms with Crippen LogP contribution in [0.3, 0.4) is 0 Å². The smallest absolute Gasteiger partial charge is 0.346 e. The summed E-state index contributed by atoms with van der Waals surface area (Å²) >= 11 is 1.25. The number of carbonyl (C=O) groups excluding carboxylic acids is 3. The number of nitrogens with one attached hydrogen (secondary N) is 2. The maximum Gasteiger partial charge on any atom is 0.346 e. The third-order valence-corrected chi connectivity index (χ3v) is 5.17. The fraction of sp³-hybridized carbons (Fsp3) is 0.174. The van der Waals surface area contributed by atoms with Gasteiger partial charge in [-0.25, -0.2) is 4.79 Å². The van der Waals surface area contributed by atoms with Gasteiger partial charge in [-0.15, -0.1) is 11.3 Å². The summed E-state index contributed by atoms with van der Waals surface area (Å²) < 4.78 is 5.39. The Kier molecular flexibility index (Phi) is 6.64. The van der Waals surface area contributed by atoms with Gasteiger partial charge in [0.2, 0.25) is 5.91 Å². The van der Waals surface area contributed by atoms with E-state index in [1.54, 1.807) is 47.8 Å². The Balaban J connectivity index is 1.67. The topological polar surface area (TPSA) is 84.5 Å². The molecule has 1 aromatic heterocycles. The van der Waals surface area contributed by atoms with Gasteiger partial charge in [-0.05, 0) is 59.3 Å². The first-order chi connectivity index (χ1) is 14.3. The molecule has 3 aromatic rings. The third kappa shape index (κ3) is 5.33. The molecular formula is C23H22N2O4S. The number of benzene rings is 2. The van der Waals surface area contributed by atoms with Crippen molar-refractivity contribution in [3.8, 4) is 5.75 Å². The van der Waals surface area contributed by atoms with Crippen molar-refractivity contribution < 1.29 is 19.1 Å². The monoisotopic (exact) mass is 422 g/mol. The average molecular weight is 423 g/mol. The van der Waals surface area contributed by atoms with Crippen LogP contribution in [0.5, 0.6) is 5.75 Å². The molecule has 2 amide bonds. The fourth-order valence-corrected chi connectivity index (χ4v) is 3.50. The van der Waals surface area contributed by atoms with Crippen LogP contribution in [0, 0.1) is 0 Å². The van der Waals surface area contributed by atoms with Crippen molar-refractivity contribution >= 4 is 39.8 Å². The molecule has 0 aliphatic carbocycles. The summed E-state index contributed by atoms with van der Waals surface area (Å²) in [6, 6.07) is 15.5. The molecule has 2 aromatic carbocycles. The van der Waals surface area contributed by atoms with Crippen molar-refractivity contribution in [1.82, 2.24) is 0 Å². The number of hydrogen-bond acceptors (Lipinski definition) is 5. The van der Waals surface area contributed by atoms with Gasteiger partial charge in [-0.1, -0.05) is 26.0 Å². The molecule has 0 atom stereocenters. The van der Waals surface area contributed by atoms with Gasteiger partial charge in [0.1, 0.15) is 10.8 Å². The van der Waals surface area contributed by atoms with E-state index in [2.05, 4.69) is 24.5 Å². The molecule has 0 saturated heterocycles. The summed E-state index contributed by atoms with van der Waals surface area (Å²) in [5.74, 6) is -0.331. The molecule has 0 saturated carbocycles. The summed E-state index contributed by atoms with van der Waals surface area (Å²) in [5.41, 5.74) is 2.55. The van der Waals surface area contributed by atoms with Crippen LogP contribution in [0.1, 0.15) is 53.0 Å². The number of carbonyl (C=O) groups is 3. The lowest BCUT2D eigenvalue weighted by molar-refractivity contribution is -0.114. The number of amides is 2. The number of hydrogen-bond donors (Lipinski definition) is 2. The van der Waals surface area contributed by atoms with Crippen molar-refractivity contribution in [2.75, 3.05) is 10.6 Å². The zero-order chi connectivity index (χ0) is 21.7. The first kappa shape index (κ1) is 21.3. The van der Waals surface area contributed by atoms with Crippen LogP contribution in [-0.2, 0) is 4.79 Å².